The SMILES string of the molecule is CC/C=C\C/C=C\C/C=C\C/C=C\C/C=C\CCOCC(COP(=O)(O)OCC(O)CO)OC(=O)CCCCCCCCCCC/C=C\C/C=C\CCCCC. The fourth-order valence-electron chi connectivity index (χ4n) is 5.33. The average Bonchev–Trinajstić information content (AvgIpc) is 3.19. The molecular weight excluding hydrogens is 727 g/mol. The molecule has 0 amide bonds. The fourth-order valence-corrected chi connectivity index (χ4v) is 6.12. The molecule has 3 atom stereocenters. The number of hydrogen-bond acceptors (Lipinski definition) is 8. The van der Waals surface area contributed by atoms with Crippen LogP contribution < -0.4 is 0 Å². The van der Waals surface area contributed by atoms with E-state index in [0.29, 0.717) is 19.4 Å². The molecule has 0 bridgehead atoms. The second-order valence-electron chi connectivity index (χ2n) is 14.0. The molecule has 10 heteroatoms. The van der Waals surface area contributed by atoms with Gasteiger partial charge < -0.3 is 24.6 Å². The molecule has 0 spiro atoms. The van der Waals surface area contributed by atoms with Gasteiger partial charge in [0.15, 0.2) is 0 Å². The lowest BCUT2D eigenvalue weighted by atomic mass is 10.1. The zero-order valence-electron chi connectivity index (χ0n) is 35.1. The molecule has 0 radical (unpaired) electrons. The number of phosphoric ester groups is 1. The molecule has 0 heterocycles. The molecule has 0 aliphatic carbocycles. The van der Waals surface area contributed by atoms with Gasteiger partial charge in [-0.3, -0.25) is 13.8 Å². The molecule has 0 fully saturated rings. The van der Waals surface area contributed by atoms with Gasteiger partial charge in [-0.05, 0) is 77.0 Å². The van der Waals surface area contributed by atoms with Crippen molar-refractivity contribution in [1.82, 2.24) is 0 Å². The first-order valence-electron chi connectivity index (χ1n) is 21.6. The normalized spacial score (nSPS) is 14.9. The Hall–Kier alpha value is -2.36. The molecule has 0 aromatic rings. The third-order valence-corrected chi connectivity index (χ3v) is 9.54. The van der Waals surface area contributed by atoms with Crippen LogP contribution in [-0.4, -0.2) is 66.3 Å². The molecule has 0 aromatic heterocycles. The highest BCUT2D eigenvalue weighted by Gasteiger charge is 2.26. The van der Waals surface area contributed by atoms with Crippen LogP contribution in [0.15, 0.2) is 85.1 Å². The maximum Gasteiger partial charge on any atom is 0.472 e. The summed E-state index contributed by atoms with van der Waals surface area (Å²) in [6, 6.07) is 0. The largest absolute Gasteiger partial charge is 0.472 e. The second-order valence-corrected chi connectivity index (χ2v) is 15.4. The molecule has 3 N–H and O–H groups in total. The van der Waals surface area contributed by atoms with E-state index in [1.807, 2.05) is 6.08 Å². The molecule has 0 saturated carbocycles. The highest BCUT2D eigenvalue weighted by molar-refractivity contribution is 7.47. The number of aliphatic hydroxyl groups excluding tert-OH is 2. The Bertz CT molecular complexity index is 1140. The number of allylic oxidation sites excluding steroid dienone is 13. The van der Waals surface area contributed by atoms with Gasteiger partial charge in [-0.1, -0.05) is 157 Å². The number of esters is 1. The summed E-state index contributed by atoms with van der Waals surface area (Å²) >= 11 is 0. The first kappa shape index (κ1) is 53.6. The Labute approximate surface area is 341 Å². The number of carbonyl (C=O) groups excluding carboxylic acids is 1. The minimum Gasteiger partial charge on any atom is -0.457 e. The smallest absolute Gasteiger partial charge is 0.457 e. The van der Waals surface area contributed by atoms with E-state index >= 15 is 0 Å². The quantitative estimate of drug-likeness (QED) is 0.0240. The van der Waals surface area contributed by atoms with Crippen LogP contribution in [0.1, 0.15) is 155 Å². The Balaban J connectivity index is 4.30. The van der Waals surface area contributed by atoms with Gasteiger partial charge >= 0.3 is 13.8 Å². The van der Waals surface area contributed by atoms with Gasteiger partial charge in [-0.15, -0.1) is 0 Å². The number of aliphatic hydroxyl groups is 2. The topological polar surface area (TPSA) is 132 Å². The minimum absolute atomic E-state index is 0.0114. The van der Waals surface area contributed by atoms with E-state index in [-0.39, 0.29) is 13.0 Å². The van der Waals surface area contributed by atoms with E-state index in [0.717, 1.165) is 64.2 Å². The van der Waals surface area contributed by atoms with Gasteiger partial charge in [0, 0.05) is 6.42 Å². The highest BCUT2D eigenvalue weighted by Crippen LogP contribution is 2.43. The average molecular weight is 807 g/mol. The van der Waals surface area contributed by atoms with Crippen molar-refractivity contribution < 1.29 is 43.0 Å². The van der Waals surface area contributed by atoms with Gasteiger partial charge in [-0.2, -0.15) is 0 Å². The lowest BCUT2D eigenvalue weighted by Gasteiger charge is -2.20. The first-order valence-corrected chi connectivity index (χ1v) is 23.1. The number of ether oxygens (including phenoxy) is 2. The van der Waals surface area contributed by atoms with Gasteiger partial charge in [0.2, 0.25) is 0 Å². The van der Waals surface area contributed by atoms with E-state index in [4.69, 9.17) is 23.6 Å². The van der Waals surface area contributed by atoms with Crippen molar-refractivity contribution >= 4 is 13.8 Å². The molecule has 3 unspecified atom stereocenters. The fraction of sp³-hybridized carbons (Fsp3) is 0.674. The summed E-state index contributed by atoms with van der Waals surface area (Å²) in [5, 5.41) is 18.3. The lowest BCUT2D eigenvalue weighted by molar-refractivity contribution is -0.154. The molecule has 0 rings (SSSR count). The number of unbranched alkanes of at least 4 members (excludes halogenated alkanes) is 12. The molecule has 0 aliphatic heterocycles. The van der Waals surface area contributed by atoms with Crippen LogP contribution in [0.4, 0.5) is 0 Å². The predicted molar refractivity (Wildman–Crippen MR) is 232 cm³/mol. The van der Waals surface area contributed by atoms with Crippen molar-refractivity contribution in [3.8, 4) is 0 Å². The van der Waals surface area contributed by atoms with E-state index in [1.165, 1.54) is 57.8 Å². The minimum atomic E-state index is -4.54. The zero-order valence-corrected chi connectivity index (χ0v) is 36.0. The summed E-state index contributed by atoms with van der Waals surface area (Å²) in [6.07, 6.45) is 51.3. The summed E-state index contributed by atoms with van der Waals surface area (Å²) in [6.45, 7) is 3.12. The maximum absolute atomic E-state index is 12.6. The Morgan fingerprint density at radius 2 is 1.02 bits per heavy atom. The van der Waals surface area contributed by atoms with Crippen LogP contribution in [0.5, 0.6) is 0 Å². The molecule has 322 valence electrons. The van der Waals surface area contributed by atoms with E-state index in [2.05, 4.69) is 92.8 Å². The predicted octanol–water partition coefficient (Wildman–Crippen LogP) is 11.9. The van der Waals surface area contributed by atoms with Gasteiger partial charge in [0.05, 0.1) is 33.0 Å². The van der Waals surface area contributed by atoms with E-state index in [9.17, 15) is 19.4 Å². The van der Waals surface area contributed by atoms with Crippen molar-refractivity contribution in [3.05, 3.63) is 85.1 Å². The molecule has 0 aromatic carbocycles. The second kappa shape index (κ2) is 42.3. The van der Waals surface area contributed by atoms with Crippen molar-refractivity contribution in [2.45, 2.75) is 167 Å². The van der Waals surface area contributed by atoms with Crippen LogP contribution in [0.3, 0.4) is 0 Å². The summed E-state index contributed by atoms with van der Waals surface area (Å²) in [7, 11) is -4.54. The summed E-state index contributed by atoms with van der Waals surface area (Å²) < 4.78 is 33.2. The van der Waals surface area contributed by atoms with Crippen LogP contribution in [0.2, 0.25) is 0 Å². The molecule has 0 aliphatic rings. The Morgan fingerprint density at radius 3 is 1.54 bits per heavy atom. The van der Waals surface area contributed by atoms with Crippen LogP contribution in [-0.2, 0) is 27.9 Å². The molecule has 0 saturated heterocycles. The monoisotopic (exact) mass is 807 g/mol. The van der Waals surface area contributed by atoms with Crippen molar-refractivity contribution in [2.24, 2.45) is 0 Å². The lowest BCUT2D eigenvalue weighted by Crippen LogP contribution is -2.29. The Kier molecular flexibility index (Phi) is 40.5. The number of carbonyl (C=O) groups is 1. The standard InChI is InChI=1S/C46H79O9P/c1-3-5-7-9-11-13-15-17-19-21-22-23-24-26-28-30-32-34-36-38-46(49)55-45(43-54-56(50,51)53-41-44(48)40-47)42-52-39-37-35-33-31-29-27-25-20-18-16-14-12-10-8-6-4-2/h6,8,11-14,17-20,27,29,33,35,44-45,47-48H,3-5,7,9-10,15-16,21-26,28,30-32,34,36-43H2,1-2H3,(H,50,51)/b8-6-,13-11-,14-12-,19-17-,20-18-,29-27-,35-33-. The van der Waals surface area contributed by atoms with Gasteiger partial charge in [-0.25, -0.2) is 4.57 Å². The van der Waals surface area contributed by atoms with Crippen LogP contribution in [0.25, 0.3) is 0 Å². The highest BCUT2D eigenvalue weighted by atomic mass is 31.2. The third kappa shape index (κ3) is 41.3. The van der Waals surface area contributed by atoms with Crippen LogP contribution in [0, 0.1) is 0 Å². The van der Waals surface area contributed by atoms with Gasteiger partial charge in [0.1, 0.15) is 12.2 Å². The zero-order chi connectivity index (χ0) is 41.1. The van der Waals surface area contributed by atoms with Crippen molar-refractivity contribution in [2.75, 3.05) is 33.0 Å². The van der Waals surface area contributed by atoms with Crippen molar-refractivity contribution in [1.29, 1.82) is 0 Å². The summed E-state index contributed by atoms with van der Waals surface area (Å²) in [4.78, 5) is 22.6. The first-order chi connectivity index (χ1) is 27.3. The third-order valence-electron chi connectivity index (χ3n) is 8.58. The molecule has 56 heavy (non-hydrogen) atoms. The number of hydrogen-bond donors (Lipinski definition) is 3. The summed E-state index contributed by atoms with van der Waals surface area (Å²) in [5.74, 6) is -0.415. The van der Waals surface area contributed by atoms with E-state index in [1.54, 1.807) is 0 Å². The molecule has 9 nitrogen and oxygen atoms in total. The van der Waals surface area contributed by atoms with Crippen molar-refractivity contribution in [3.63, 3.8) is 0 Å². The summed E-state index contributed by atoms with van der Waals surface area (Å²) in [5.41, 5.74) is 0. The Morgan fingerprint density at radius 1 is 0.571 bits per heavy atom. The molecular formula is C46H79O9P. The number of phosphoric acid groups is 1. The maximum atomic E-state index is 12.6. The van der Waals surface area contributed by atoms with Crippen LogP contribution >= 0.6 is 7.82 Å². The van der Waals surface area contributed by atoms with E-state index < -0.39 is 45.8 Å². The number of rotatable bonds is 40. The van der Waals surface area contributed by atoms with Gasteiger partial charge in [0.25, 0.3) is 0 Å².